The van der Waals surface area contributed by atoms with Crippen LogP contribution in [0.1, 0.15) is 71.1 Å². The molecule has 276 valence electrons. The molecule has 0 aliphatic carbocycles. The van der Waals surface area contributed by atoms with Crippen LogP contribution in [0.3, 0.4) is 0 Å². The largest absolute Gasteiger partial charge is 0.463 e. The van der Waals surface area contributed by atoms with Crippen molar-refractivity contribution in [2.45, 2.75) is 71.1 Å². The molecule has 0 unspecified atom stereocenters. The number of hydrogen-bond acceptors (Lipinski definition) is 12. The van der Waals surface area contributed by atoms with Gasteiger partial charge >= 0.3 is 5.97 Å². The lowest BCUT2D eigenvalue weighted by molar-refractivity contribution is -0.145. The lowest BCUT2D eigenvalue weighted by atomic mass is 10.1. The van der Waals surface area contributed by atoms with Crippen LogP contribution in [-0.4, -0.2) is 157 Å². The minimum Gasteiger partial charge on any atom is -0.463 e. The molecule has 0 aliphatic heterocycles. The lowest BCUT2D eigenvalue weighted by Crippen LogP contribution is -2.19. The maximum Gasteiger partial charge on any atom is 0.305 e. The number of hydrogen-bond donors (Lipinski definition) is 0. The van der Waals surface area contributed by atoms with Gasteiger partial charge in [-0.1, -0.05) is 58.3 Å². The summed E-state index contributed by atoms with van der Waals surface area (Å²) in [7, 11) is 4.04. The van der Waals surface area contributed by atoms with E-state index in [1.165, 1.54) is 44.9 Å². The molecule has 0 rings (SSSR count). The maximum atomic E-state index is 11.8. The number of carbonyl (C=O) groups excluding carboxylic acids is 1. The summed E-state index contributed by atoms with van der Waals surface area (Å²) >= 11 is 0. The second-order valence-electron chi connectivity index (χ2n) is 11.1. The normalized spacial score (nSPS) is 11.6. The van der Waals surface area contributed by atoms with Crippen molar-refractivity contribution in [3.8, 4) is 0 Å². The molecule has 0 N–H and O–H groups in total. The fourth-order valence-corrected chi connectivity index (χ4v) is 3.98. The average Bonchev–Trinajstić information content (AvgIpc) is 3.04. The van der Waals surface area contributed by atoms with E-state index in [0.29, 0.717) is 132 Å². The molecule has 0 aromatic rings. The Morgan fingerprint density at radius 1 is 0.391 bits per heavy atom. The predicted molar refractivity (Wildman–Crippen MR) is 179 cm³/mol. The van der Waals surface area contributed by atoms with Gasteiger partial charge in [0.15, 0.2) is 0 Å². The number of likely N-dealkylation sites (N-methyl/N-ethyl adjacent to an activating group) is 1. The molecule has 0 aromatic heterocycles. The third kappa shape index (κ3) is 41.1. The molecular formula is C34H69NO11. The van der Waals surface area contributed by atoms with Gasteiger partial charge in [0.05, 0.1) is 119 Å². The number of ether oxygens (including phenoxy) is 10. The number of nitrogens with zero attached hydrogens (tertiary/aromatic N) is 1. The topological polar surface area (TPSA) is 113 Å². The van der Waals surface area contributed by atoms with Crippen molar-refractivity contribution < 1.29 is 52.2 Å². The van der Waals surface area contributed by atoms with Gasteiger partial charge in [-0.2, -0.15) is 0 Å². The summed E-state index contributed by atoms with van der Waals surface area (Å²) in [4.78, 5) is 13.9. The zero-order chi connectivity index (χ0) is 33.4. The van der Waals surface area contributed by atoms with Crippen LogP contribution in [0.15, 0.2) is 0 Å². The van der Waals surface area contributed by atoms with E-state index in [1.54, 1.807) is 0 Å². The fraction of sp³-hybridized carbons (Fsp3) is 0.971. The smallest absolute Gasteiger partial charge is 0.305 e. The molecule has 0 saturated carbocycles. The van der Waals surface area contributed by atoms with E-state index in [2.05, 4.69) is 11.8 Å². The molecule has 0 heterocycles. The highest BCUT2D eigenvalue weighted by Gasteiger charge is 2.03. The molecule has 46 heavy (non-hydrogen) atoms. The van der Waals surface area contributed by atoms with E-state index in [4.69, 9.17) is 47.4 Å². The van der Waals surface area contributed by atoms with Crippen LogP contribution in [0, 0.1) is 0 Å². The van der Waals surface area contributed by atoms with Crippen molar-refractivity contribution in [2.24, 2.45) is 0 Å². The van der Waals surface area contributed by atoms with Gasteiger partial charge in [0, 0.05) is 13.0 Å². The van der Waals surface area contributed by atoms with Crippen LogP contribution in [0.2, 0.25) is 0 Å². The third-order valence-corrected chi connectivity index (χ3v) is 6.63. The quantitative estimate of drug-likeness (QED) is 0.0691. The van der Waals surface area contributed by atoms with Crippen LogP contribution in [0.5, 0.6) is 0 Å². The second kappa shape index (κ2) is 40.2. The molecule has 0 aliphatic rings. The predicted octanol–water partition coefficient (Wildman–Crippen LogP) is 4.16. The number of esters is 1. The van der Waals surface area contributed by atoms with E-state index in [-0.39, 0.29) is 5.97 Å². The van der Waals surface area contributed by atoms with Crippen molar-refractivity contribution in [3.63, 3.8) is 0 Å². The van der Waals surface area contributed by atoms with Crippen molar-refractivity contribution in [2.75, 3.05) is 146 Å². The summed E-state index contributed by atoms with van der Waals surface area (Å²) in [5.74, 6) is -0.134. The minimum absolute atomic E-state index is 0.134. The molecule has 0 atom stereocenters. The van der Waals surface area contributed by atoms with E-state index >= 15 is 0 Å². The van der Waals surface area contributed by atoms with Gasteiger partial charge in [-0.25, -0.2) is 0 Å². The Labute approximate surface area is 280 Å². The highest BCUT2D eigenvalue weighted by Crippen LogP contribution is 2.10. The third-order valence-electron chi connectivity index (χ3n) is 6.63. The van der Waals surface area contributed by atoms with E-state index in [1.807, 2.05) is 14.1 Å². The van der Waals surface area contributed by atoms with E-state index < -0.39 is 0 Å². The summed E-state index contributed by atoms with van der Waals surface area (Å²) in [5.41, 5.74) is 0. The van der Waals surface area contributed by atoms with E-state index in [0.717, 1.165) is 19.4 Å². The van der Waals surface area contributed by atoms with Crippen LogP contribution in [0.25, 0.3) is 0 Å². The van der Waals surface area contributed by atoms with Gasteiger partial charge in [0.1, 0.15) is 6.61 Å². The summed E-state index contributed by atoms with van der Waals surface area (Å²) in [6.07, 6.45) is 11.6. The first-order valence-electron chi connectivity index (χ1n) is 17.7. The number of rotatable bonds is 40. The van der Waals surface area contributed by atoms with Gasteiger partial charge in [0.25, 0.3) is 0 Å². The van der Waals surface area contributed by atoms with Crippen LogP contribution >= 0.6 is 0 Å². The van der Waals surface area contributed by atoms with Gasteiger partial charge in [-0.3, -0.25) is 4.79 Å². The molecule has 0 bridgehead atoms. The standard InChI is InChI=1S/C34H69NO11/c1-4-5-6-7-8-9-10-11-12-13-34(36)46-33-32-45-31-30-44-29-28-43-27-26-42-25-24-41-23-22-40-21-20-39-19-18-38-17-16-37-15-14-35(2)3/h4-33H2,1-3H3. The summed E-state index contributed by atoms with van der Waals surface area (Å²) in [6, 6.07) is 0. The minimum atomic E-state index is -0.134. The van der Waals surface area contributed by atoms with E-state index in [9.17, 15) is 4.79 Å². The Balaban J connectivity index is 3.11. The lowest BCUT2D eigenvalue weighted by Gasteiger charge is -2.10. The zero-order valence-corrected chi connectivity index (χ0v) is 29.7. The molecule has 0 radical (unpaired) electrons. The highest BCUT2D eigenvalue weighted by atomic mass is 16.6. The Hall–Kier alpha value is -0.930. The zero-order valence-electron chi connectivity index (χ0n) is 29.7. The Bertz CT molecular complexity index is 587. The Kier molecular flexibility index (Phi) is 39.4. The Morgan fingerprint density at radius 3 is 1.00 bits per heavy atom. The monoisotopic (exact) mass is 667 g/mol. The Morgan fingerprint density at radius 2 is 0.674 bits per heavy atom. The molecule has 12 nitrogen and oxygen atoms in total. The summed E-state index contributed by atoms with van der Waals surface area (Å²) in [6.45, 7) is 12.9. The van der Waals surface area contributed by atoms with Gasteiger partial charge in [0.2, 0.25) is 0 Å². The number of carbonyl (C=O) groups is 1. The molecule has 0 saturated heterocycles. The average molecular weight is 668 g/mol. The van der Waals surface area contributed by atoms with Crippen molar-refractivity contribution in [1.82, 2.24) is 4.90 Å². The second-order valence-corrected chi connectivity index (χ2v) is 11.1. The first kappa shape index (κ1) is 45.1. The fourth-order valence-electron chi connectivity index (χ4n) is 3.98. The first-order valence-corrected chi connectivity index (χ1v) is 17.7. The van der Waals surface area contributed by atoms with Crippen LogP contribution < -0.4 is 0 Å². The first-order chi connectivity index (χ1) is 22.7. The van der Waals surface area contributed by atoms with Gasteiger partial charge < -0.3 is 52.3 Å². The van der Waals surface area contributed by atoms with Gasteiger partial charge in [-0.15, -0.1) is 0 Å². The highest BCUT2D eigenvalue weighted by molar-refractivity contribution is 5.69. The van der Waals surface area contributed by atoms with Crippen LogP contribution in [-0.2, 0) is 52.2 Å². The van der Waals surface area contributed by atoms with Crippen molar-refractivity contribution in [3.05, 3.63) is 0 Å². The molecule has 0 amide bonds. The molecule has 0 fully saturated rings. The van der Waals surface area contributed by atoms with Crippen molar-refractivity contribution in [1.29, 1.82) is 0 Å². The molecule has 12 heteroatoms. The van der Waals surface area contributed by atoms with Gasteiger partial charge in [-0.05, 0) is 20.5 Å². The van der Waals surface area contributed by atoms with Crippen LogP contribution in [0.4, 0.5) is 0 Å². The molecule has 0 spiro atoms. The molecule has 0 aromatic carbocycles. The maximum absolute atomic E-state index is 11.8. The summed E-state index contributed by atoms with van der Waals surface area (Å²) < 4.78 is 54.4. The van der Waals surface area contributed by atoms with Crippen molar-refractivity contribution >= 4 is 5.97 Å². The summed E-state index contributed by atoms with van der Waals surface area (Å²) in [5, 5.41) is 0. The SMILES string of the molecule is CCCCCCCCCCCC(=O)OCCOCCOCCOCCOCCOCCOCCOCCOCCOCCN(C)C. The molecular weight excluding hydrogens is 598 g/mol. The number of unbranched alkanes of at least 4 members (excludes halogenated alkanes) is 8.